The van der Waals surface area contributed by atoms with Gasteiger partial charge in [0.2, 0.25) is 5.91 Å². The molecule has 2 N–H and O–H groups in total. The number of carboxylic acid groups (broad SMARTS) is 1. The number of ether oxygens (including phenoxy) is 2. The molecule has 114 valence electrons. The maximum absolute atomic E-state index is 12.1. The van der Waals surface area contributed by atoms with Crippen molar-refractivity contribution in [3.63, 3.8) is 0 Å². The monoisotopic (exact) mass is 293 g/mol. The summed E-state index contributed by atoms with van der Waals surface area (Å²) < 4.78 is 10.3. The van der Waals surface area contributed by atoms with Crippen LogP contribution in [0, 0.1) is 5.92 Å². The van der Waals surface area contributed by atoms with Crippen LogP contribution in [0.5, 0.6) is 5.75 Å². The number of aliphatic carboxylic acids is 1. The standard InChI is InChI=1S/C15H19NO5/c1-20-12-6-4-10(5-7-12)13(15(18)19)16-14(17)11-3-2-8-21-9-11/h4-7,11,13H,2-3,8-9H2,1H3,(H,16,17)(H,18,19)/t11-,13-/m1/s1. The van der Waals surface area contributed by atoms with Gasteiger partial charge < -0.3 is 19.9 Å². The Balaban J connectivity index is 2.07. The van der Waals surface area contributed by atoms with Crippen LogP contribution in [0.4, 0.5) is 0 Å². The summed E-state index contributed by atoms with van der Waals surface area (Å²) in [5.41, 5.74) is 0.508. The minimum atomic E-state index is -1.09. The molecule has 21 heavy (non-hydrogen) atoms. The fourth-order valence-electron chi connectivity index (χ4n) is 2.29. The maximum Gasteiger partial charge on any atom is 0.330 e. The number of carbonyl (C=O) groups excluding carboxylic acids is 1. The highest BCUT2D eigenvalue weighted by Gasteiger charge is 2.27. The average molecular weight is 293 g/mol. The molecule has 0 saturated carbocycles. The van der Waals surface area contributed by atoms with Crippen LogP contribution in [0.1, 0.15) is 24.4 Å². The Kier molecular flexibility index (Phi) is 5.16. The molecular weight excluding hydrogens is 274 g/mol. The molecule has 1 aromatic rings. The van der Waals surface area contributed by atoms with Gasteiger partial charge >= 0.3 is 5.97 Å². The molecule has 2 atom stereocenters. The summed E-state index contributed by atoms with van der Waals surface area (Å²) in [6.45, 7) is 1.01. The third kappa shape index (κ3) is 3.95. The molecule has 1 aliphatic rings. The van der Waals surface area contributed by atoms with Crippen LogP contribution in [0.2, 0.25) is 0 Å². The fraction of sp³-hybridized carbons (Fsp3) is 0.467. The van der Waals surface area contributed by atoms with Crippen molar-refractivity contribution in [3.05, 3.63) is 29.8 Å². The van der Waals surface area contributed by atoms with Crippen molar-refractivity contribution in [2.45, 2.75) is 18.9 Å². The van der Waals surface area contributed by atoms with Crippen LogP contribution in [0.3, 0.4) is 0 Å². The number of methoxy groups -OCH3 is 1. The van der Waals surface area contributed by atoms with Crippen LogP contribution in [0.15, 0.2) is 24.3 Å². The van der Waals surface area contributed by atoms with Gasteiger partial charge in [0.15, 0.2) is 6.04 Å². The third-order valence-electron chi connectivity index (χ3n) is 3.51. The quantitative estimate of drug-likeness (QED) is 0.856. The Morgan fingerprint density at radius 1 is 1.38 bits per heavy atom. The van der Waals surface area contributed by atoms with Gasteiger partial charge in [-0.2, -0.15) is 0 Å². The minimum absolute atomic E-state index is 0.279. The van der Waals surface area contributed by atoms with Gasteiger partial charge in [-0.05, 0) is 30.5 Å². The Morgan fingerprint density at radius 2 is 2.10 bits per heavy atom. The van der Waals surface area contributed by atoms with E-state index in [-0.39, 0.29) is 11.8 Å². The van der Waals surface area contributed by atoms with Crippen LogP contribution < -0.4 is 10.1 Å². The second-order valence-electron chi connectivity index (χ2n) is 4.97. The van der Waals surface area contributed by atoms with Gasteiger partial charge in [-0.3, -0.25) is 4.79 Å². The van der Waals surface area contributed by atoms with Gasteiger partial charge in [0.1, 0.15) is 5.75 Å². The number of rotatable bonds is 5. The van der Waals surface area contributed by atoms with Crippen LogP contribution in [-0.2, 0) is 14.3 Å². The number of hydrogen-bond acceptors (Lipinski definition) is 4. The highest BCUT2D eigenvalue weighted by molar-refractivity contribution is 5.86. The molecule has 1 saturated heterocycles. The second-order valence-corrected chi connectivity index (χ2v) is 4.97. The first-order valence-corrected chi connectivity index (χ1v) is 6.86. The average Bonchev–Trinajstić information content (AvgIpc) is 2.53. The molecule has 0 radical (unpaired) electrons. The Hall–Kier alpha value is -2.08. The highest BCUT2D eigenvalue weighted by atomic mass is 16.5. The predicted molar refractivity (Wildman–Crippen MR) is 75.1 cm³/mol. The molecule has 0 spiro atoms. The summed E-state index contributed by atoms with van der Waals surface area (Å²) in [5.74, 6) is -1.02. The van der Waals surface area contributed by atoms with Gasteiger partial charge in [0, 0.05) is 6.61 Å². The van der Waals surface area contributed by atoms with Gasteiger partial charge in [0.25, 0.3) is 0 Å². The largest absolute Gasteiger partial charge is 0.497 e. The van der Waals surface area contributed by atoms with Crippen molar-refractivity contribution in [2.24, 2.45) is 5.92 Å². The molecule has 1 aromatic carbocycles. The zero-order chi connectivity index (χ0) is 15.2. The van der Waals surface area contributed by atoms with E-state index < -0.39 is 12.0 Å². The first-order valence-electron chi connectivity index (χ1n) is 6.86. The van der Waals surface area contributed by atoms with Crippen molar-refractivity contribution < 1.29 is 24.2 Å². The number of benzene rings is 1. The van der Waals surface area contributed by atoms with Gasteiger partial charge in [-0.25, -0.2) is 4.79 Å². The smallest absolute Gasteiger partial charge is 0.330 e. The number of amides is 1. The van der Waals surface area contributed by atoms with Crippen LogP contribution in [-0.4, -0.2) is 37.3 Å². The van der Waals surface area contributed by atoms with E-state index in [0.717, 1.165) is 12.8 Å². The number of nitrogens with one attached hydrogen (secondary N) is 1. The number of carbonyl (C=O) groups is 2. The molecule has 1 aliphatic heterocycles. The number of carboxylic acids is 1. The second kappa shape index (κ2) is 7.08. The summed E-state index contributed by atoms with van der Waals surface area (Å²) in [6.07, 6.45) is 1.54. The molecule has 6 heteroatoms. The van der Waals surface area contributed by atoms with Gasteiger partial charge in [-0.1, -0.05) is 12.1 Å². The lowest BCUT2D eigenvalue weighted by Crippen LogP contribution is -2.40. The molecule has 2 rings (SSSR count). The minimum Gasteiger partial charge on any atom is -0.497 e. The molecule has 0 aromatic heterocycles. The SMILES string of the molecule is COc1ccc([C@@H](NC(=O)[C@@H]2CCCOC2)C(=O)O)cc1. The van der Waals surface area contributed by atoms with Crippen LogP contribution >= 0.6 is 0 Å². The molecule has 0 aliphatic carbocycles. The maximum atomic E-state index is 12.1. The summed E-state index contributed by atoms with van der Waals surface area (Å²) in [4.78, 5) is 23.5. The topological polar surface area (TPSA) is 84.9 Å². The first kappa shape index (κ1) is 15.3. The summed E-state index contributed by atoms with van der Waals surface area (Å²) >= 11 is 0. The first-order chi connectivity index (χ1) is 10.1. The van der Waals surface area contributed by atoms with Crippen molar-refractivity contribution in [1.82, 2.24) is 5.32 Å². The normalized spacial score (nSPS) is 19.6. The molecule has 0 unspecified atom stereocenters. The van der Waals surface area contributed by atoms with E-state index in [1.165, 1.54) is 7.11 Å². The zero-order valence-electron chi connectivity index (χ0n) is 11.9. The fourth-order valence-corrected chi connectivity index (χ4v) is 2.29. The van der Waals surface area contributed by atoms with E-state index in [9.17, 15) is 14.7 Å². The van der Waals surface area contributed by atoms with Crippen molar-refractivity contribution in [2.75, 3.05) is 20.3 Å². The predicted octanol–water partition coefficient (Wildman–Crippen LogP) is 1.36. The van der Waals surface area contributed by atoms with Crippen molar-refractivity contribution in [3.8, 4) is 5.75 Å². The number of hydrogen-bond donors (Lipinski definition) is 2. The molecule has 1 heterocycles. The van der Waals surface area contributed by atoms with E-state index >= 15 is 0 Å². The third-order valence-corrected chi connectivity index (χ3v) is 3.51. The van der Waals surface area contributed by atoms with E-state index in [2.05, 4.69) is 5.32 Å². The lowest BCUT2D eigenvalue weighted by Gasteiger charge is -2.23. The molecule has 6 nitrogen and oxygen atoms in total. The van der Waals surface area contributed by atoms with E-state index in [0.29, 0.717) is 24.5 Å². The van der Waals surface area contributed by atoms with Crippen molar-refractivity contribution in [1.29, 1.82) is 0 Å². The van der Waals surface area contributed by atoms with E-state index in [1.54, 1.807) is 24.3 Å². The van der Waals surface area contributed by atoms with Crippen molar-refractivity contribution >= 4 is 11.9 Å². The Morgan fingerprint density at radius 3 is 2.62 bits per heavy atom. The molecule has 1 fully saturated rings. The molecular formula is C15H19NO5. The lowest BCUT2D eigenvalue weighted by atomic mass is 10.00. The summed E-state index contributed by atoms with van der Waals surface area (Å²) in [5, 5.41) is 11.9. The van der Waals surface area contributed by atoms with Crippen LogP contribution in [0.25, 0.3) is 0 Å². The molecule has 1 amide bonds. The van der Waals surface area contributed by atoms with E-state index in [1.807, 2.05) is 0 Å². The molecule has 0 bridgehead atoms. The highest BCUT2D eigenvalue weighted by Crippen LogP contribution is 2.20. The summed E-state index contributed by atoms with van der Waals surface area (Å²) in [6, 6.07) is 5.54. The van der Waals surface area contributed by atoms with Gasteiger partial charge in [-0.15, -0.1) is 0 Å². The lowest BCUT2D eigenvalue weighted by molar-refractivity contribution is -0.143. The zero-order valence-corrected chi connectivity index (χ0v) is 11.9. The van der Waals surface area contributed by atoms with Gasteiger partial charge in [0.05, 0.1) is 19.6 Å². The Bertz CT molecular complexity index is 493. The Labute approximate surface area is 123 Å². The van der Waals surface area contributed by atoms with E-state index in [4.69, 9.17) is 9.47 Å². The summed E-state index contributed by atoms with van der Waals surface area (Å²) in [7, 11) is 1.54.